The minimum Gasteiger partial charge on any atom is -0.463 e. The second kappa shape index (κ2) is 10.7. The maximum atomic E-state index is 11.4. The molecule has 0 fully saturated rings. The molecule has 114 valence electrons. The minimum absolute atomic E-state index is 0.336. The van der Waals surface area contributed by atoms with Crippen LogP contribution < -0.4 is 0 Å². The maximum absolute atomic E-state index is 11.4. The van der Waals surface area contributed by atoms with Crippen LogP contribution >= 0.6 is 0 Å². The molecule has 0 atom stereocenters. The van der Waals surface area contributed by atoms with Crippen LogP contribution in [0.3, 0.4) is 0 Å². The molecule has 0 unspecified atom stereocenters. The Morgan fingerprint density at radius 3 is 2.10 bits per heavy atom. The molecule has 0 aliphatic heterocycles. The lowest BCUT2D eigenvalue weighted by Gasteiger charge is -2.02. The van der Waals surface area contributed by atoms with Crippen molar-refractivity contribution in [3.63, 3.8) is 0 Å². The molecule has 4 heteroatoms. The van der Waals surface area contributed by atoms with Crippen LogP contribution in [0.2, 0.25) is 0 Å². The van der Waals surface area contributed by atoms with E-state index in [0.29, 0.717) is 13.2 Å². The number of hydrogen-bond acceptors (Lipinski definition) is 4. The summed E-state index contributed by atoms with van der Waals surface area (Å²) in [7, 11) is 0. The smallest absolute Gasteiger partial charge is 0.331 e. The van der Waals surface area contributed by atoms with Crippen molar-refractivity contribution in [1.29, 1.82) is 0 Å². The molecule has 0 heterocycles. The molecular weight excluding hydrogens is 268 g/mol. The minimum atomic E-state index is -0.518. The average Bonchev–Trinajstić information content (AvgIpc) is 2.51. The fourth-order valence-corrected chi connectivity index (χ4v) is 1.64. The summed E-state index contributed by atoms with van der Waals surface area (Å²) in [6, 6.07) is 10.00. The third-order valence-electron chi connectivity index (χ3n) is 2.79. The molecule has 0 saturated carbocycles. The second-order valence-electron chi connectivity index (χ2n) is 4.61. The van der Waals surface area contributed by atoms with Gasteiger partial charge in [-0.05, 0) is 24.8 Å². The highest BCUT2D eigenvalue weighted by atomic mass is 16.5. The van der Waals surface area contributed by atoms with Gasteiger partial charge < -0.3 is 9.47 Å². The number of unbranched alkanes of at least 4 members (excludes halogenated alkanes) is 1. The number of rotatable bonds is 9. The predicted octanol–water partition coefficient (Wildman–Crippen LogP) is 3.06. The van der Waals surface area contributed by atoms with Crippen LogP contribution in [0, 0.1) is 0 Å². The fourth-order valence-electron chi connectivity index (χ4n) is 1.64. The highest BCUT2D eigenvalue weighted by Crippen LogP contribution is 2.02. The molecule has 0 aliphatic carbocycles. The highest BCUT2D eigenvalue weighted by molar-refractivity contribution is 5.91. The Kier molecular flexibility index (Phi) is 8.61. The zero-order chi connectivity index (χ0) is 15.3. The predicted molar refractivity (Wildman–Crippen MR) is 80.7 cm³/mol. The lowest BCUT2D eigenvalue weighted by Crippen LogP contribution is -2.06. The van der Waals surface area contributed by atoms with Crippen molar-refractivity contribution in [2.75, 3.05) is 13.2 Å². The largest absolute Gasteiger partial charge is 0.463 e. The number of carbonyl (C=O) groups excluding carboxylic acids is 2. The number of benzene rings is 1. The van der Waals surface area contributed by atoms with Crippen LogP contribution in [0.4, 0.5) is 0 Å². The molecule has 4 nitrogen and oxygen atoms in total. The summed E-state index contributed by atoms with van der Waals surface area (Å²) in [6.45, 7) is 2.73. The third-order valence-corrected chi connectivity index (χ3v) is 2.79. The van der Waals surface area contributed by atoms with Crippen molar-refractivity contribution in [2.45, 2.75) is 32.6 Å². The summed E-state index contributed by atoms with van der Waals surface area (Å²) in [5.41, 5.74) is 1.21. The van der Waals surface area contributed by atoms with E-state index in [1.54, 1.807) is 0 Å². The van der Waals surface area contributed by atoms with Gasteiger partial charge in [0.05, 0.1) is 13.2 Å². The molecule has 0 N–H and O–H groups in total. The molecule has 0 aliphatic rings. The molecule has 0 amide bonds. The van der Waals surface area contributed by atoms with E-state index >= 15 is 0 Å². The molecule has 0 aromatic heterocycles. The molecule has 0 spiro atoms. The summed E-state index contributed by atoms with van der Waals surface area (Å²) < 4.78 is 9.89. The Balaban J connectivity index is 2.12. The topological polar surface area (TPSA) is 52.6 Å². The first-order valence-corrected chi connectivity index (χ1v) is 7.28. The molecule has 1 aromatic rings. The van der Waals surface area contributed by atoms with E-state index in [4.69, 9.17) is 9.47 Å². The molecule has 0 bridgehead atoms. The third kappa shape index (κ3) is 8.63. The zero-order valence-corrected chi connectivity index (χ0v) is 12.4. The van der Waals surface area contributed by atoms with Crippen LogP contribution in [0.25, 0.3) is 0 Å². The van der Waals surface area contributed by atoms with E-state index in [1.165, 1.54) is 5.56 Å². The lowest BCUT2D eigenvalue weighted by atomic mass is 10.1. The van der Waals surface area contributed by atoms with Crippen molar-refractivity contribution in [2.24, 2.45) is 0 Å². The van der Waals surface area contributed by atoms with Crippen molar-refractivity contribution in [1.82, 2.24) is 0 Å². The number of esters is 2. The van der Waals surface area contributed by atoms with Crippen LogP contribution in [0.15, 0.2) is 42.5 Å². The van der Waals surface area contributed by atoms with E-state index in [0.717, 1.165) is 37.8 Å². The van der Waals surface area contributed by atoms with Gasteiger partial charge in [0, 0.05) is 12.2 Å². The van der Waals surface area contributed by atoms with Gasteiger partial charge in [0.25, 0.3) is 0 Å². The Morgan fingerprint density at radius 2 is 1.52 bits per heavy atom. The monoisotopic (exact) mass is 290 g/mol. The van der Waals surface area contributed by atoms with Crippen molar-refractivity contribution < 1.29 is 19.1 Å². The lowest BCUT2D eigenvalue weighted by molar-refractivity contribution is -0.140. The van der Waals surface area contributed by atoms with Crippen LogP contribution in [-0.2, 0) is 25.5 Å². The quantitative estimate of drug-likeness (QED) is 0.398. The van der Waals surface area contributed by atoms with E-state index in [1.807, 2.05) is 37.3 Å². The van der Waals surface area contributed by atoms with E-state index in [2.05, 4.69) is 0 Å². The summed E-state index contributed by atoms with van der Waals surface area (Å²) in [5, 5.41) is 0. The number of aryl methyl sites for hydroxylation is 1. The molecule has 1 aromatic carbocycles. The Bertz CT molecular complexity index is 451. The summed E-state index contributed by atoms with van der Waals surface area (Å²) in [4.78, 5) is 22.6. The van der Waals surface area contributed by atoms with Gasteiger partial charge in [-0.3, -0.25) is 0 Å². The van der Waals surface area contributed by atoms with Gasteiger partial charge in [-0.2, -0.15) is 0 Å². The van der Waals surface area contributed by atoms with Gasteiger partial charge in [0.2, 0.25) is 0 Å². The Labute approximate surface area is 125 Å². The molecule has 1 rings (SSSR count). The van der Waals surface area contributed by atoms with Crippen molar-refractivity contribution >= 4 is 11.9 Å². The number of hydrogen-bond donors (Lipinski definition) is 0. The van der Waals surface area contributed by atoms with Gasteiger partial charge in [-0.1, -0.05) is 43.7 Å². The van der Waals surface area contributed by atoms with Crippen LogP contribution in [0.5, 0.6) is 0 Å². The molecule has 21 heavy (non-hydrogen) atoms. The van der Waals surface area contributed by atoms with Gasteiger partial charge >= 0.3 is 11.9 Å². The first-order valence-electron chi connectivity index (χ1n) is 7.28. The number of ether oxygens (including phenoxy) is 2. The zero-order valence-electron chi connectivity index (χ0n) is 12.4. The van der Waals surface area contributed by atoms with Gasteiger partial charge in [-0.25, -0.2) is 9.59 Å². The molecular formula is C17H22O4. The second-order valence-corrected chi connectivity index (χ2v) is 4.61. The van der Waals surface area contributed by atoms with Gasteiger partial charge in [-0.15, -0.1) is 0 Å². The van der Waals surface area contributed by atoms with Crippen LogP contribution in [-0.4, -0.2) is 25.2 Å². The van der Waals surface area contributed by atoms with Crippen LogP contribution in [0.1, 0.15) is 31.7 Å². The molecule has 0 saturated heterocycles. The number of carbonyl (C=O) groups is 2. The van der Waals surface area contributed by atoms with Crippen molar-refractivity contribution in [3.05, 3.63) is 48.0 Å². The van der Waals surface area contributed by atoms with Crippen molar-refractivity contribution in [3.8, 4) is 0 Å². The summed E-state index contributed by atoms with van der Waals surface area (Å²) >= 11 is 0. The Hall–Kier alpha value is -2.10. The summed E-state index contributed by atoms with van der Waals surface area (Å²) in [6.07, 6.45) is 5.61. The maximum Gasteiger partial charge on any atom is 0.331 e. The summed E-state index contributed by atoms with van der Waals surface area (Å²) in [5.74, 6) is -1.03. The standard InChI is InChI=1S/C17H22O4/c1-2-3-13-20-16(18)11-12-17(19)21-14-7-10-15-8-5-4-6-9-15/h4-6,8-9,11-12H,2-3,7,10,13-14H2,1H3/b12-11+. The fraction of sp³-hybridized carbons (Fsp3) is 0.412. The average molecular weight is 290 g/mol. The van der Waals surface area contributed by atoms with Gasteiger partial charge in [0.15, 0.2) is 0 Å². The first-order chi connectivity index (χ1) is 10.2. The highest BCUT2D eigenvalue weighted by Gasteiger charge is 2.01. The molecule has 0 radical (unpaired) electrons. The Morgan fingerprint density at radius 1 is 0.952 bits per heavy atom. The van der Waals surface area contributed by atoms with E-state index < -0.39 is 11.9 Å². The van der Waals surface area contributed by atoms with E-state index in [9.17, 15) is 9.59 Å². The normalized spacial score (nSPS) is 10.5. The van der Waals surface area contributed by atoms with E-state index in [-0.39, 0.29) is 0 Å². The SMILES string of the molecule is CCCCOC(=O)/C=C/C(=O)OCCCc1ccccc1. The first kappa shape index (κ1) is 17.0. The van der Waals surface area contributed by atoms with Gasteiger partial charge in [0.1, 0.15) is 0 Å².